The summed E-state index contributed by atoms with van der Waals surface area (Å²) in [4.78, 5) is 35.4. The number of carbonyl (C=O) groups excluding carboxylic acids is 3. The zero-order chi connectivity index (χ0) is 17.2. The molecule has 2 atom stereocenters. The van der Waals surface area contributed by atoms with Crippen molar-refractivity contribution in [3.63, 3.8) is 0 Å². The minimum absolute atomic E-state index is 0.0937. The van der Waals surface area contributed by atoms with E-state index in [1.165, 1.54) is 7.11 Å². The molecular weight excluding hydrogens is 298 g/mol. The first-order chi connectivity index (χ1) is 11.0. The summed E-state index contributed by atoms with van der Waals surface area (Å²) >= 11 is 0. The first-order valence-electron chi connectivity index (χ1n) is 7.07. The average molecular weight is 317 g/mol. The lowest BCUT2D eigenvalue weighted by Crippen LogP contribution is -2.49. The molecule has 0 saturated heterocycles. The van der Waals surface area contributed by atoms with Crippen molar-refractivity contribution in [2.24, 2.45) is 5.92 Å². The van der Waals surface area contributed by atoms with Gasteiger partial charge in [0.05, 0.1) is 19.7 Å². The van der Waals surface area contributed by atoms with Crippen LogP contribution >= 0.6 is 0 Å². The summed E-state index contributed by atoms with van der Waals surface area (Å²) in [5.74, 6) is -1.95. The molecule has 0 aliphatic heterocycles. The van der Waals surface area contributed by atoms with Crippen LogP contribution in [0.15, 0.2) is 30.3 Å². The highest BCUT2D eigenvalue weighted by molar-refractivity contribution is 5.96. The van der Waals surface area contributed by atoms with E-state index in [0.29, 0.717) is 5.56 Å². The molecular formula is C16H19N3O4. The van der Waals surface area contributed by atoms with E-state index >= 15 is 0 Å². The lowest BCUT2D eigenvalue weighted by Gasteiger charge is -2.21. The number of hydrogen-bond donors (Lipinski definition) is 2. The Morgan fingerprint density at radius 3 is 2.48 bits per heavy atom. The molecule has 122 valence electrons. The molecule has 23 heavy (non-hydrogen) atoms. The van der Waals surface area contributed by atoms with Gasteiger partial charge in [0.25, 0.3) is 5.91 Å². The zero-order valence-electron chi connectivity index (χ0n) is 13.0. The van der Waals surface area contributed by atoms with Crippen molar-refractivity contribution in [2.45, 2.75) is 19.4 Å². The molecule has 0 aliphatic carbocycles. The second-order valence-electron chi connectivity index (χ2n) is 4.96. The molecule has 2 N–H and O–H groups in total. The van der Waals surface area contributed by atoms with Crippen LogP contribution < -0.4 is 10.6 Å². The number of ether oxygens (including phenoxy) is 1. The Balaban J connectivity index is 2.57. The first-order valence-corrected chi connectivity index (χ1v) is 7.07. The minimum Gasteiger partial charge on any atom is -0.467 e. The van der Waals surface area contributed by atoms with Crippen molar-refractivity contribution in [1.29, 1.82) is 5.26 Å². The number of nitrogens with zero attached hydrogens (tertiary/aromatic N) is 1. The predicted molar refractivity (Wildman–Crippen MR) is 82.1 cm³/mol. The van der Waals surface area contributed by atoms with Gasteiger partial charge >= 0.3 is 5.97 Å². The van der Waals surface area contributed by atoms with Gasteiger partial charge in [-0.25, -0.2) is 4.79 Å². The van der Waals surface area contributed by atoms with Crippen LogP contribution in [0, 0.1) is 17.2 Å². The topological polar surface area (TPSA) is 108 Å². The Morgan fingerprint density at radius 2 is 1.91 bits per heavy atom. The molecule has 0 bridgehead atoms. The monoisotopic (exact) mass is 317 g/mol. The van der Waals surface area contributed by atoms with E-state index in [1.807, 2.05) is 6.07 Å². The second kappa shape index (κ2) is 9.20. The van der Waals surface area contributed by atoms with Crippen LogP contribution in [0.2, 0.25) is 0 Å². The van der Waals surface area contributed by atoms with Gasteiger partial charge in [0.2, 0.25) is 5.91 Å². The zero-order valence-corrected chi connectivity index (χ0v) is 13.0. The molecule has 0 aliphatic rings. The second-order valence-corrected chi connectivity index (χ2v) is 4.96. The first kappa shape index (κ1) is 18.2. The molecule has 0 spiro atoms. The van der Waals surface area contributed by atoms with Crippen LogP contribution in [-0.2, 0) is 14.3 Å². The summed E-state index contributed by atoms with van der Waals surface area (Å²) in [6.07, 6.45) is 0.0937. The fourth-order valence-corrected chi connectivity index (χ4v) is 1.90. The predicted octanol–water partition coefficient (Wildman–Crippen LogP) is 0.624. The van der Waals surface area contributed by atoms with Gasteiger partial charge in [0.1, 0.15) is 6.04 Å². The van der Waals surface area contributed by atoms with Crippen molar-refractivity contribution in [3.05, 3.63) is 35.9 Å². The standard InChI is InChI=1S/C16H19N3O4/c1-11(8-9-17)14(16(22)23-2)19-13(20)10-18-15(21)12-6-4-3-5-7-12/h3-7,11,14H,8,10H2,1-2H3,(H,18,21)(H,19,20)/t11-,14+/m1/s1. The van der Waals surface area contributed by atoms with E-state index in [1.54, 1.807) is 37.3 Å². The highest BCUT2D eigenvalue weighted by atomic mass is 16.5. The third-order valence-corrected chi connectivity index (χ3v) is 3.20. The van der Waals surface area contributed by atoms with Crippen molar-refractivity contribution in [2.75, 3.05) is 13.7 Å². The number of amides is 2. The molecule has 0 saturated carbocycles. The summed E-state index contributed by atoms with van der Waals surface area (Å²) in [5, 5.41) is 13.6. The number of benzene rings is 1. The van der Waals surface area contributed by atoms with E-state index in [4.69, 9.17) is 5.26 Å². The Labute approximate surface area is 134 Å². The number of nitrogens with one attached hydrogen (secondary N) is 2. The maximum absolute atomic E-state index is 11.9. The van der Waals surface area contributed by atoms with Crippen LogP contribution in [0.5, 0.6) is 0 Å². The van der Waals surface area contributed by atoms with E-state index in [2.05, 4.69) is 15.4 Å². The highest BCUT2D eigenvalue weighted by Gasteiger charge is 2.27. The number of nitriles is 1. The molecule has 0 fully saturated rings. The summed E-state index contributed by atoms with van der Waals surface area (Å²) in [6, 6.07) is 9.47. The van der Waals surface area contributed by atoms with Gasteiger partial charge in [0.15, 0.2) is 0 Å². The molecule has 0 heterocycles. The van der Waals surface area contributed by atoms with Gasteiger partial charge in [-0.1, -0.05) is 25.1 Å². The average Bonchev–Trinajstić information content (AvgIpc) is 2.57. The number of methoxy groups -OCH3 is 1. The van der Waals surface area contributed by atoms with Gasteiger partial charge in [-0.2, -0.15) is 5.26 Å². The van der Waals surface area contributed by atoms with Crippen molar-refractivity contribution >= 4 is 17.8 Å². The number of rotatable bonds is 7. The SMILES string of the molecule is COC(=O)[C@@H](NC(=O)CNC(=O)c1ccccc1)[C@H](C)CC#N. The maximum atomic E-state index is 11.9. The van der Waals surface area contributed by atoms with Gasteiger partial charge in [-0.3, -0.25) is 9.59 Å². The largest absolute Gasteiger partial charge is 0.467 e. The molecule has 7 nitrogen and oxygen atoms in total. The van der Waals surface area contributed by atoms with E-state index in [-0.39, 0.29) is 18.9 Å². The van der Waals surface area contributed by atoms with Gasteiger partial charge < -0.3 is 15.4 Å². The fourth-order valence-electron chi connectivity index (χ4n) is 1.90. The van der Waals surface area contributed by atoms with Crippen LogP contribution in [0.1, 0.15) is 23.7 Å². The normalized spacial score (nSPS) is 12.4. The lowest BCUT2D eigenvalue weighted by molar-refractivity contribution is -0.146. The Kier molecular flexibility index (Phi) is 7.27. The molecule has 0 unspecified atom stereocenters. The molecule has 1 aromatic rings. The fraction of sp³-hybridized carbons (Fsp3) is 0.375. The van der Waals surface area contributed by atoms with Crippen LogP contribution in [0.3, 0.4) is 0 Å². The third-order valence-electron chi connectivity index (χ3n) is 3.20. The Hall–Kier alpha value is -2.88. The third kappa shape index (κ3) is 5.79. The summed E-state index contributed by atoms with van der Waals surface area (Å²) in [7, 11) is 1.21. The van der Waals surface area contributed by atoms with Crippen LogP contribution in [-0.4, -0.2) is 37.5 Å². The number of hydrogen-bond acceptors (Lipinski definition) is 5. The summed E-state index contributed by atoms with van der Waals surface area (Å²) < 4.78 is 4.63. The smallest absolute Gasteiger partial charge is 0.328 e. The molecule has 7 heteroatoms. The summed E-state index contributed by atoms with van der Waals surface area (Å²) in [6.45, 7) is 1.38. The van der Waals surface area contributed by atoms with Gasteiger partial charge in [0, 0.05) is 17.9 Å². The van der Waals surface area contributed by atoms with Crippen molar-refractivity contribution in [1.82, 2.24) is 10.6 Å². The van der Waals surface area contributed by atoms with E-state index in [0.717, 1.165) is 0 Å². The van der Waals surface area contributed by atoms with Gasteiger partial charge in [-0.15, -0.1) is 0 Å². The van der Waals surface area contributed by atoms with Crippen molar-refractivity contribution < 1.29 is 19.1 Å². The minimum atomic E-state index is -0.930. The number of esters is 1. The van der Waals surface area contributed by atoms with Crippen molar-refractivity contribution in [3.8, 4) is 6.07 Å². The lowest BCUT2D eigenvalue weighted by atomic mass is 9.99. The quantitative estimate of drug-likeness (QED) is 0.717. The summed E-state index contributed by atoms with van der Waals surface area (Å²) in [5.41, 5.74) is 0.433. The molecule has 0 aromatic heterocycles. The maximum Gasteiger partial charge on any atom is 0.328 e. The Morgan fingerprint density at radius 1 is 1.26 bits per heavy atom. The highest BCUT2D eigenvalue weighted by Crippen LogP contribution is 2.09. The van der Waals surface area contributed by atoms with Gasteiger partial charge in [-0.05, 0) is 12.1 Å². The Bertz CT molecular complexity index is 595. The van der Waals surface area contributed by atoms with Crippen LogP contribution in [0.25, 0.3) is 0 Å². The van der Waals surface area contributed by atoms with E-state index in [9.17, 15) is 14.4 Å². The number of carbonyl (C=O) groups is 3. The molecule has 1 rings (SSSR count). The molecule has 1 aromatic carbocycles. The van der Waals surface area contributed by atoms with E-state index < -0.39 is 23.8 Å². The van der Waals surface area contributed by atoms with Crippen LogP contribution in [0.4, 0.5) is 0 Å². The molecule has 2 amide bonds. The molecule has 0 radical (unpaired) electrons.